The van der Waals surface area contributed by atoms with E-state index in [1.165, 1.54) is 0 Å². The largest absolute Gasteiger partial charge is 0.496 e. The molecule has 6 heteroatoms. The highest BCUT2D eigenvalue weighted by molar-refractivity contribution is 6.01. The first-order valence-electron chi connectivity index (χ1n) is 8.61. The van der Waals surface area contributed by atoms with Crippen molar-refractivity contribution >= 4 is 11.6 Å². The molecule has 0 unspecified atom stereocenters. The molecule has 0 fully saturated rings. The monoisotopic (exact) mass is 356 g/mol. The van der Waals surface area contributed by atoms with E-state index >= 15 is 0 Å². The number of hydrogen-bond donors (Lipinski definition) is 1. The summed E-state index contributed by atoms with van der Waals surface area (Å²) in [5.74, 6) is 1.81. The predicted molar refractivity (Wildman–Crippen MR) is 100 cm³/mol. The second-order valence-corrected chi connectivity index (χ2v) is 6.04. The minimum atomic E-state index is -0.355. The van der Waals surface area contributed by atoms with Crippen molar-refractivity contribution in [2.24, 2.45) is 0 Å². The lowest BCUT2D eigenvalue weighted by molar-refractivity contribution is 0.0681. The third-order valence-electron chi connectivity index (χ3n) is 4.52. The number of para-hydroxylation sites is 1. The molecule has 1 amide bonds. The van der Waals surface area contributed by atoms with Gasteiger partial charge in [-0.2, -0.15) is 0 Å². The van der Waals surface area contributed by atoms with Crippen LogP contribution in [-0.4, -0.2) is 38.7 Å². The van der Waals surface area contributed by atoms with Gasteiger partial charge in [0.2, 0.25) is 0 Å². The van der Waals surface area contributed by atoms with Crippen molar-refractivity contribution in [2.45, 2.75) is 19.5 Å². The van der Waals surface area contributed by atoms with Crippen LogP contribution in [-0.2, 0) is 0 Å². The van der Waals surface area contributed by atoms with Gasteiger partial charge in [-0.15, -0.1) is 0 Å². The number of benzene rings is 2. The topological polar surface area (TPSA) is 60.0 Å². The van der Waals surface area contributed by atoms with E-state index < -0.39 is 0 Å². The zero-order chi connectivity index (χ0) is 18.7. The van der Waals surface area contributed by atoms with E-state index in [1.54, 1.807) is 27.4 Å². The maximum atomic E-state index is 13.1. The Labute approximate surface area is 153 Å². The Morgan fingerprint density at radius 1 is 1.00 bits per heavy atom. The molecule has 0 aliphatic carbocycles. The van der Waals surface area contributed by atoms with Gasteiger partial charge in [-0.1, -0.05) is 19.1 Å². The van der Waals surface area contributed by atoms with Gasteiger partial charge in [0.1, 0.15) is 11.9 Å². The van der Waals surface area contributed by atoms with E-state index in [2.05, 4.69) is 12.2 Å². The van der Waals surface area contributed by atoms with Gasteiger partial charge in [-0.25, -0.2) is 0 Å². The van der Waals surface area contributed by atoms with Crippen molar-refractivity contribution in [3.8, 4) is 17.2 Å². The second kappa shape index (κ2) is 7.56. The van der Waals surface area contributed by atoms with Crippen LogP contribution in [0.15, 0.2) is 36.4 Å². The molecule has 0 aromatic heterocycles. The second-order valence-electron chi connectivity index (χ2n) is 6.04. The molecule has 2 aromatic rings. The molecule has 3 rings (SSSR count). The minimum absolute atomic E-state index is 0.00281. The molecule has 0 saturated heterocycles. The van der Waals surface area contributed by atoms with Gasteiger partial charge in [-0.3, -0.25) is 4.79 Å². The number of amides is 1. The third kappa shape index (κ3) is 3.03. The summed E-state index contributed by atoms with van der Waals surface area (Å²) >= 11 is 0. The van der Waals surface area contributed by atoms with Crippen LogP contribution in [0.3, 0.4) is 0 Å². The summed E-state index contributed by atoms with van der Waals surface area (Å²) in [4.78, 5) is 14.9. The summed E-state index contributed by atoms with van der Waals surface area (Å²) in [6.45, 7) is 2.68. The number of ether oxygens (including phenoxy) is 3. The molecule has 0 bridgehead atoms. The van der Waals surface area contributed by atoms with E-state index in [0.29, 0.717) is 29.4 Å². The number of carbonyl (C=O) groups is 1. The highest BCUT2D eigenvalue weighted by Gasteiger charge is 2.34. The van der Waals surface area contributed by atoms with Gasteiger partial charge in [0, 0.05) is 23.9 Å². The lowest BCUT2D eigenvalue weighted by Gasteiger charge is -2.38. The van der Waals surface area contributed by atoms with E-state index in [4.69, 9.17) is 14.2 Å². The molecule has 2 aromatic carbocycles. The van der Waals surface area contributed by atoms with Gasteiger partial charge in [0.25, 0.3) is 5.91 Å². The summed E-state index contributed by atoms with van der Waals surface area (Å²) < 4.78 is 16.4. The van der Waals surface area contributed by atoms with Crippen molar-refractivity contribution in [1.29, 1.82) is 0 Å². The van der Waals surface area contributed by atoms with E-state index in [0.717, 1.165) is 17.7 Å². The number of nitrogens with one attached hydrogen (secondary N) is 1. The molecule has 1 heterocycles. The lowest BCUT2D eigenvalue weighted by atomic mass is 10.0. The van der Waals surface area contributed by atoms with Crippen LogP contribution in [0.4, 0.5) is 5.69 Å². The molecule has 0 spiro atoms. The van der Waals surface area contributed by atoms with E-state index in [-0.39, 0.29) is 12.1 Å². The van der Waals surface area contributed by atoms with Crippen LogP contribution < -0.4 is 19.5 Å². The van der Waals surface area contributed by atoms with Crippen LogP contribution >= 0.6 is 0 Å². The Balaban J connectivity index is 2.13. The molecule has 1 N–H and O–H groups in total. The van der Waals surface area contributed by atoms with Crippen LogP contribution in [0, 0.1) is 0 Å². The number of carbonyl (C=O) groups excluding carboxylic acids is 1. The third-order valence-corrected chi connectivity index (χ3v) is 4.52. The Bertz CT molecular complexity index is 806. The smallest absolute Gasteiger partial charge is 0.257 e. The molecular formula is C20H24N2O4. The van der Waals surface area contributed by atoms with Crippen molar-refractivity contribution < 1.29 is 19.0 Å². The zero-order valence-corrected chi connectivity index (χ0v) is 15.5. The Morgan fingerprint density at radius 2 is 1.65 bits per heavy atom. The first-order valence-corrected chi connectivity index (χ1v) is 8.61. The van der Waals surface area contributed by atoms with Gasteiger partial charge in [0.15, 0.2) is 11.5 Å². The van der Waals surface area contributed by atoms with Crippen LogP contribution in [0.1, 0.15) is 35.4 Å². The highest BCUT2D eigenvalue weighted by Crippen LogP contribution is 2.42. The minimum Gasteiger partial charge on any atom is -0.496 e. The summed E-state index contributed by atoms with van der Waals surface area (Å²) in [5, 5.41) is 3.47. The van der Waals surface area contributed by atoms with Gasteiger partial charge >= 0.3 is 0 Å². The van der Waals surface area contributed by atoms with Gasteiger partial charge < -0.3 is 24.4 Å². The number of rotatable bonds is 6. The fourth-order valence-corrected chi connectivity index (χ4v) is 3.28. The average Bonchev–Trinajstić information content (AvgIpc) is 2.69. The normalized spacial score (nSPS) is 15.9. The predicted octanol–water partition coefficient (Wildman–Crippen LogP) is 3.69. The van der Waals surface area contributed by atoms with Gasteiger partial charge in [-0.05, 0) is 24.6 Å². The van der Waals surface area contributed by atoms with Gasteiger partial charge in [0.05, 0.1) is 26.9 Å². The van der Waals surface area contributed by atoms with Crippen LogP contribution in [0.2, 0.25) is 0 Å². The van der Waals surface area contributed by atoms with E-state index in [9.17, 15) is 4.79 Å². The summed E-state index contributed by atoms with van der Waals surface area (Å²) in [5.41, 5.74) is 2.31. The maximum Gasteiger partial charge on any atom is 0.257 e. The summed E-state index contributed by atoms with van der Waals surface area (Å²) in [7, 11) is 4.78. The van der Waals surface area contributed by atoms with Crippen molar-refractivity contribution in [3.63, 3.8) is 0 Å². The molecule has 0 radical (unpaired) electrons. The number of methoxy groups -OCH3 is 3. The number of anilines is 1. The molecule has 1 atom stereocenters. The Hall–Kier alpha value is -2.89. The summed E-state index contributed by atoms with van der Waals surface area (Å²) in [6, 6.07) is 11.2. The fourth-order valence-electron chi connectivity index (χ4n) is 3.28. The SMILES string of the molecule is CCCN1C(=O)c2ccccc2N[C@@H]1c1cc(OC)c(OC)cc1OC. The molecule has 26 heavy (non-hydrogen) atoms. The first kappa shape index (κ1) is 17.9. The lowest BCUT2D eigenvalue weighted by Crippen LogP contribution is -2.43. The number of nitrogens with zero attached hydrogens (tertiary/aromatic N) is 1. The molecule has 1 aliphatic rings. The number of fused-ring (bicyclic) bond motifs is 1. The summed E-state index contributed by atoms with van der Waals surface area (Å²) in [6.07, 6.45) is 0.494. The van der Waals surface area contributed by atoms with Crippen molar-refractivity contribution in [2.75, 3.05) is 33.2 Å². The highest BCUT2D eigenvalue weighted by atomic mass is 16.5. The Kier molecular flexibility index (Phi) is 5.21. The molecular weight excluding hydrogens is 332 g/mol. The first-order chi connectivity index (χ1) is 12.6. The van der Waals surface area contributed by atoms with Crippen LogP contribution in [0.25, 0.3) is 0 Å². The maximum absolute atomic E-state index is 13.1. The fraction of sp³-hybridized carbons (Fsp3) is 0.350. The zero-order valence-electron chi connectivity index (χ0n) is 15.5. The standard InChI is InChI=1S/C20H24N2O4/c1-5-10-22-19(21-15-9-7-6-8-13(15)20(22)23)14-11-17(25-3)18(26-4)12-16(14)24-2/h6-9,11-12,19,21H,5,10H2,1-4H3/t19-/m0/s1. The van der Waals surface area contributed by atoms with Crippen molar-refractivity contribution in [3.05, 3.63) is 47.5 Å². The van der Waals surface area contributed by atoms with Crippen LogP contribution in [0.5, 0.6) is 17.2 Å². The number of hydrogen-bond acceptors (Lipinski definition) is 5. The Morgan fingerprint density at radius 3 is 2.31 bits per heavy atom. The van der Waals surface area contributed by atoms with E-state index in [1.807, 2.05) is 35.2 Å². The molecule has 138 valence electrons. The molecule has 1 aliphatic heterocycles. The molecule has 0 saturated carbocycles. The molecule has 6 nitrogen and oxygen atoms in total. The van der Waals surface area contributed by atoms with Crippen molar-refractivity contribution in [1.82, 2.24) is 4.90 Å². The quantitative estimate of drug-likeness (QED) is 0.855. The average molecular weight is 356 g/mol.